The smallest absolute Gasteiger partial charge is 0.124 e. The molecule has 1 fully saturated rings. The van der Waals surface area contributed by atoms with Gasteiger partial charge in [-0.25, -0.2) is 0 Å². The van der Waals surface area contributed by atoms with Crippen molar-refractivity contribution in [3.05, 3.63) is 11.8 Å². The van der Waals surface area contributed by atoms with Crippen LogP contribution in [0.1, 0.15) is 25.5 Å². The molecule has 3 nitrogen and oxygen atoms in total. The summed E-state index contributed by atoms with van der Waals surface area (Å²) in [4.78, 5) is 0. The van der Waals surface area contributed by atoms with Gasteiger partial charge in [0.25, 0.3) is 0 Å². The molecule has 0 radical (unpaired) electrons. The van der Waals surface area contributed by atoms with E-state index in [9.17, 15) is 0 Å². The third kappa shape index (κ3) is 2.68. The summed E-state index contributed by atoms with van der Waals surface area (Å²) in [6.45, 7) is 2.14. The average molecular weight is 225 g/mol. The minimum Gasteiger partial charge on any atom is -0.367 e. The molecule has 4 heteroatoms. The van der Waals surface area contributed by atoms with Gasteiger partial charge >= 0.3 is 0 Å². The fourth-order valence-electron chi connectivity index (χ4n) is 1.89. The molecule has 1 aromatic rings. The maximum Gasteiger partial charge on any atom is 0.124 e. The van der Waals surface area contributed by atoms with Gasteiger partial charge in [0.1, 0.15) is 5.82 Å². The summed E-state index contributed by atoms with van der Waals surface area (Å²) in [7, 11) is 2.01. The van der Waals surface area contributed by atoms with Crippen LogP contribution >= 0.6 is 11.8 Å². The van der Waals surface area contributed by atoms with Crippen LogP contribution in [-0.4, -0.2) is 27.3 Å². The second-order valence-corrected chi connectivity index (χ2v) is 5.25. The van der Waals surface area contributed by atoms with Gasteiger partial charge in [-0.1, -0.05) is 6.92 Å². The molecule has 1 aliphatic rings. The highest BCUT2D eigenvalue weighted by Gasteiger charge is 2.14. The summed E-state index contributed by atoms with van der Waals surface area (Å²) in [5.41, 5.74) is 1.17. The first kappa shape index (κ1) is 10.9. The van der Waals surface area contributed by atoms with E-state index in [0.717, 1.165) is 6.42 Å². The van der Waals surface area contributed by atoms with E-state index in [4.69, 9.17) is 0 Å². The van der Waals surface area contributed by atoms with Crippen molar-refractivity contribution in [2.75, 3.05) is 16.8 Å². The maximum atomic E-state index is 4.44. The number of thioether (sulfide) groups is 1. The highest BCUT2D eigenvalue weighted by molar-refractivity contribution is 7.99. The second-order valence-electron chi connectivity index (χ2n) is 4.03. The Morgan fingerprint density at radius 1 is 1.53 bits per heavy atom. The van der Waals surface area contributed by atoms with Crippen molar-refractivity contribution in [2.24, 2.45) is 7.05 Å². The summed E-state index contributed by atoms with van der Waals surface area (Å²) >= 11 is 2.06. The van der Waals surface area contributed by atoms with E-state index in [-0.39, 0.29) is 0 Å². The Kier molecular flexibility index (Phi) is 3.57. The molecule has 1 saturated heterocycles. The number of anilines is 1. The molecule has 15 heavy (non-hydrogen) atoms. The molecule has 1 N–H and O–H groups in total. The molecule has 0 saturated carbocycles. The van der Waals surface area contributed by atoms with Gasteiger partial charge in [-0.15, -0.1) is 0 Å². The fourth-order valence-corrected chi connectivity index (χ4v) is 2.99. The number of nitrogens with one attached hydrogen (secondary N) is 1. The Balaban J connectivity index is 1.99. The van der Waals surface area contributed by atoms with Crippen LogP contribution in [0.3, 0.4) is 0 Å². The SMILES string of the molecule is CCc1cc(NC2CCSCC2)n(C)n1. The number of hydrogen-bond donors (Lipinski definition) is 1. The lowest BCUT2D eigenvalue weighted by Crippen LogP contribution is -2.25. The van der Waals surface area contributed by atoms with Crippen molar-refractivity contribution >= 4 is 17.6 Å². The van der Waals surface area contributed by atoms with Crippen LogP contribution in [0.5, 0.6) is 0 Å². The Hall–Kier alpha value is -0.640. The van der Waals surface area contributed by atoms with Crippen LogP contribution in [0.4, 0.5) is 5.82 Å². The van der Waals surface area contributed by atoms with Gasteiger partial charge in [-0.2, -0.15) is 16.9 Å². The maximum absolute atomic E-state index is 4.44. The molecular formula is C11H19N3S. The molecule has 0 atom stereocenters. The lowest BCUT2D eigenvalue weighted by Gasteiger charge is -2.23. The largest absolute Gasteiger partial charge is 0.367 e. The standard InChI is InChI=1S/C11H19N3S/c1-3-9-8-11(14(2)13-9)12-10-4-6-15-7-5-10/h8,10,12H,3-7H2,1-2H3. The number of rotatable bonds is 3. The summed E-state index contributed by atoms with van der Waals surface area (Å²) < 4.78 is 1.96. The molecule has 0 amide bonds. The molecule has 1 aliphatic heterocycles. The monoisotopic (exact) mass is 225 g/mol. The van der Waals surface area contributed by atoms with E-state index in [1.807, 2.05) is 11.7 Å². The van der Waals surface area contributed by atoms with Gasteiger partial charge in [0.2, 0.25) is 0 Å². The third-order valence-corrected chi connectivity index (χ3v) is 3.91. The highest BCUT2D eigenvalue weighted by Crippen LogP contribution is 2.21. The molecule has 0 unspecified atom stereocenters. The van der Waals surface area contributed by atoms with E-state index in [0.29, 0.717) is 6.04 Å². The Morgan fingerprint density at radius 2 is 2.27 bits per heavy atom. The lowest BCUT2D eigenvalue weighted by atomic mass is 10.1. The molecule has 84 valence electrons. The Bertz CT molecular complexity index is 316. The zero-order chi connectivity index (χ0) is 10.7. The van der Waals surface area contributed by atoms with Gasteiger partial charge in [-0.05, 0) is 30.8 Å². The summed E-state index contributed by atoms with van der Waals surface area (Å²) in [6.07, 6.45) is 3.56. The molecule has 2 rings (SSSR count). The Morgan fingerprint density at radius 3 is 2.87 bits per heavy atom. The molecule has 2 heterocycles. The van der Waals surface area contributed by atoms with E-state index in [1.165, 1.54) is 35.9 Å². The summed E-state index contributed by atoms with van der Waals surface area (Å²) in [5.74, 6) is 3.75. The molecular weight excluding hydrogens is 206 g/mol. The first-order valence-electron chi connectivity index (χ1n) is 5.66. The van der Waals surface area contributed by atoms with Crippen molar-refractivity contribution in [2.45, 2.75) is 32.2 Å². The van der Waals surface area contributed by atoms with Gasteiger partial charge in [0.15, 0.2) is 0 Å². The van der Waals surface area contributed by atoms with Crippen molar-refractivity contribution < 1.29 is 0 Å². The fraction of sp³-hybridized carbons (Fsp3) is 0.727. The molecule has 0 spiro atoms. The van der Waals surface area contributed by atoms with Gasteiger partial charge in [0, 0.05) is 19.2 Å². The predicted octanol–water partition coefficient (Wildman–Crippen LogP) is 2.29. The predicted molar refractivity (Wildman–Crippen MR) is 66.6 cm³/mol. The molecule has 0 bridgehead atoms. The van der Waals surface area contributed by atoms with Crippen LogP contribution in [0.2, 0.25) is 0 Å². The highest BCUT2D eigenvalue weighted by atomic mass is 32.2. The van der Waals surface area contributed by atoms with Gasteiger partial charge < -0.3 is 5.32 Å². The van der Waals surface area contributed by atoms with Crippen molar-refractivity contribution in [1.82, 2.24) is 9.78 Å². The van der Waals surface area contributed by atoms with Crippen LogP contribution in [0.25, 0.3) is 0 Å². The number of aryl methyl sites for hydroxylation is 2. The van der Waals surface area contributed by atoms with Crippen molar-refractivity contribution in [3.63, 3.8) is 0 Å². The first-order valence-corrected chi connectivity index (χ1v) is 6.82. The molecule has 0 aromatic carbocycles. The minimum absolute atomic E-state index is 0.645. The van der Waals surface area contributed by atoms with Gasteiger partial charge in [0.05, 0.1) is 5.69 Å². The normalized spacial score (nSPS) is 18.0. The topological polar surface area (TPSA) is 29.9 Å². The second kappa shape index (κ2) is 4.92. The summed E-state index contributed by atoms with van der Waals surface area (Å²) in [6, 6.07) is 2.81. The Labute approximate surface area is 95.6 Å². The third-order valence-electron chi connectivity index (χ3n) is 2.87. The number of nitrogens with zero attached hydrogens (tertiary/aromatic N) is 2. The first-order chi connectivity index (χ1) is 7.29. The van der Waals surface area contributed by atoms with E-state index < -0.39 is 0 Å². The lowest BCUT2D eigenvalue weighted by molar-refractivity contribution is 0.648. The number of hydrogen-bond acceptors (Lipinski definition) is 3. The minimum atomic E-state index is 0.645. The summed E-state index contributed by atoms with van der Waals surface area (Å²) in [5, 5.41) is 8.03. The van der Waals surface area contributed by atoms with Crippen LogP contribution < -0.4 is 5.32 Å². The van der Waals surface area contributed by atoms with E-state index in [1.54, 1.807) is 0 Å². The average Bonchev–Trinajstić information content (AvgIpc) is 2.61. The van der Waals surface area contributed by atoms with Crippen molar-refractivity contribution in [3.8, 4) is 0 Å². The van der Waals surface area contributed by atoms with Crippen LogP contribution in [0, 0.1) is 0 Å². The van der Waals surface area contributed by atoms with E-state index in [2.05, 4.69) is 35.2 Å². The molecule has 0 aliphatic carbocycles. The van der Waals surface area contributed by atoms with Gasteiger partial charge in [-0.3, -0.25) is 4.68 Å². The number of aromatic nitrogens is 2. The quantitative estimate of drug-likeness (QED) is 0.856. The zero-order valence-electron chi connectivity index (χ0n) is 9.49. The molecule has 1 aromatic heterocycles. The van der Waals surface area contributed by atoms with E-state index >= 15 is 0 Å². The van der Waals surface area contributed by atoms with Crippen LogP contribution in [-0.2, 0) is 13.5 Å². The van der Waals surface area contributed by atoms with Crippen LogP contribution in [0.15, 0.2) is 6.07 Å². The zero-order valence-corrected chi connectivity index (χ0v) is 10.3. The van der Waals surface area contributed by atoms with Crippen molar-refractivity contribution in [1.29, 1.82) is 0 Å².